The molecule has 1 heterocycles. The van der Waals surface area contributed by atoms with E-state index in [1.54, 1.807) is 0 Å². The van der Waals surface area contributed by atoms with Gasteiger partial charge in [-0.15, -0.1) is 0 Å². The van der Waals surface area contributed by atoms with Crippen molar-refractivity contribution in [3.8, 4) is 0 Å². The third-order valence-corrected chi connectivity index (χ3v) is 6.80. The van der Waals surface area contributed by atoms with Crippen LogP contribution in [0.3, 0.4) is 0 Å². The largest absolute Gasteiger partial charge is 0.387 e. The average Bonchev–Trinajstić information content (AvgIpc) is 2.84. The Morgan fingerprint density at radius 1 is 1.03 bits per heavy atom. The fourth-order valence-electron chi connectivity index (χ4n) is 3.08. The lowest BCUT2D eigenvalue weighted by Crippen LogP contribution is -2.34. The molecule has 1 atom stereocenters. The quantitative estimate of drug-likeness (QED) is 0.518. The number of benzene rings is 2. The predicted molar refractivity (Wildman–Crippen MR) is 99.6 cm³/mol. The molecule has 0 radical (unpaired) electrons. The standard InChI is InChI=1S/C19H16F6N2O4S/c20-12-2-1-10(18(29)26-11-8-13(21)17(23)14(22)9-11)7-15(12)32(30,31)27-5-3-16(28)19(24,25)4-6-27/h1-2,7-9,16,28H,3-6H2,(H,26,29). The van der Waals surface area contributed by atoms with Crippen LogP contribution in [0.25, 0.3) is 0 Å². The Morgan fingerprint density at radius 2 is 1.66 bits per heavy atom. The van der Waals surface area contributed by atoms with Crippen LogP contribution in [-0.2, 0) is 10.0 Å². The Balaban J connectivity index is 1.89. The molecule has 1 fully saturated rings. The van der Waals surface area contributed by atoms with Gasteiger partial charge < -0.3 is 10.4 Å². The van der Waals surface area contributed by atoms with Gasteiger partial charge in [-0.05, 0) is 24.6 Å². The van der Waals surface area contributed by atoms with Crippen LogP contribution < -0.4 is 5.32 Å². The molecular weight excluding hydrogens is 466 g/mol. The van der Waals surface area contributed by atoms with E-state index in [4.69, 9.17) is 0 Å². The summed E-state index contributed by atoms with van der Waals surface area (Å²) in [6.45, 7) is -1.21. The summed E-state index contributed by atoms with van der Waals surface area (Å²) in [7, 11) is -4.67. The monoisotopic (exact) mass is 482 g/mol. The minimum Gasteiger partial charge on any atom is -0.387 e. The first-order chi connectivity index (χ1) is 14.8. The molecule has 3 rings (SSSR count). The van der Waals surface area contributed by atoms with Crippen LogP contribution in [0.5, 0.6) is 0 Å². The molecule has 0 aromatic heterocycles. The highest BCUT2D eigenvalue weighted by Crippen LogP contribution is 2.31. The zero-order valence-corrected chi connectivity index (χ0v) is 16.9. The number of nitrogens with zero attached hydrogens (tertiary/aromatic N) is 1. The third-order valence-electron chi connectivity index (χ3n) is 4.89. The van der Waals surface area contributed by atoms with Crippen molar-refractivity contribution >= 4 is 21.6 Å². The molecule has 1 aliphatic heterocycles. The second-order valence-corrected chi connectivity index (χ2v) is 8.98. The van der Waals surface area contributed by atoms with Gasteiger partial charge >= 0.3 is 0 Å². The van der Waals surface area contributed by atoms with E-state index in [0.29, 0.717) is 28.6 Å². The summed E-state index contributed by atoms with van der Waals surface area (Å²) < 4.78 is 108. The first-order valence-electron chi connectivity index (χ1n) is 9.14. The lowest BCUT2D eigenvalue weighted by molar-refractivity contribution is -0.108. The third kappa shape index (κ3) is 4.74. The van der Waals surface area contributed by atoms with E-state index < -0.39 is 93.3 Å². The van der Waals surface area contributed by atoms with E-state index in [1.165, 1.54) is 0 Å². The van der Waals surface area contributed by atoms with Crippen molar-refractivity contribution < 1.29 is 44.7 Å². The summed E-state index contributed by atoms with van der Waals surface area (Å²) in [6, 6.07) is 3.14. The summed E-state index contributed by atoms with van der Waals surface area (Å²) in [4.78, 5) is 11.4. The lowest BCUT2D eigenvalue weighted by atomic mass is 10.1. The number of carbonyl (C=O) groups is 1. The van der Waals surface area contributed by atoms with Crippen LogP contribution in [0, 0.1) is 23.3 Å². The van der Waals surface area contributed by atoms with E-state index >= 15 is 0 Å². The van der Waals surface area contributed by atoms with Crippen LogP contribution in [0.1, 0.15) is 23.2 Å². The fourth-order valence-corrected chi connectivity index (χ4v) is 4.63. The van der Waals surface area contributed by atoms with Crippen molar-refractivity contribution in [2.24, 2.45) is 0 Å². The van der Waals surface area contributed by atoms with Gasteiger partial charge in [-0.1, -0.05) is 0 Å². The number of hydrogen-bond acceptors (Lipinski definition) is 4. The number of anilines is 1. The minimum atomic E-state index is -4.67. The predicted octanol–water partition coefficient (Wildman–Crippen LogP) is 3.28. The summed E-state index contributed by atoms with van der Waals surface area (Å²) in [6.07, 6.45) is -3.65. The van der Waals surface area contributed by atoms with Gasteiger partial charge in [-0.3, -0.25) is 4.79 Å². The first kappa shape index (κ1) is 24.0. The number of amides is 1. The second-order valence-electron chi connectivity index (χ2n) is 7.07. The van der Waals surface area contributed by atoms with Crippen LogP contribution in [0.15, 0.2) is 35.2 Å². The van der Waals surface area contributed by atoms with Crippen molar-refractivity contribution in [2.75, 3.05) is 18.4 Å². The van der Waals surface area contributed by atoms with Gasteiger partial charge in [-0.2, -0.15) is 4.31 Å². The van der Waals surface area contributed by atoms with E-state index in [2.05, 4.69) is 0 Å². The maximum Gasteiger partial charge on any atom is 0.274 e. The summed E-state index contributed by atoms with van der Waals surface area (Å²) in [5.41, 5.74) is -0.917. The highest BCUT2D eigenvalue weighted by Gasteiger charge is 2.43. The van der Waals surface area contributed by atoms with E-state index in [1.807, 2.05) is 5.32 Å². The Kier molecular flexibility index (Phi) is 6.54. The van der Waals surface area contributed by atoms with Crippen molar-refractivity contribution in [3.63, 3.8) is 0 Å². The Bertz CT molecular complexity index is 1140. The lowest BCUT2D eigenvalue weighted by Gasteiger charge is -2.20. The van der Waals surface area contributed by atoms with Crippen molar-refractivity contribution in [1.82, 2.24) is 4.31 Å². The van der Waals surface area contributed by atoms with Crippen molar-refractivity contribution in [3.05, 3.63) is 59.2 Å². The van der Waals surface area contributed by atoms with E-state index in [0.717, 1.165) is 6.07 Å². The van der Waals surface area contributed by atoms with Gasteiger partial charge in [0.1, 0.15) is 16.8 Å². The van der Waals surface area contributed by atoms with Gasteiger partial charge in [0, 0.05) is 42.9 Å². The molecule has 2 N–H and O–H groups in total. The van der Waals surface area contributed by atoms with Crippen LogP contribution in [0.4, 0.5) is 32.0 Å². The maximum atomic E-state index is 14.3. The molecule has 0 bridgehead atoms. The molecule has 2 aromatic carbocycles. The number of rotatable bonds is 4. The fraction of sp³-hybridized carbons (Fsp3) is 0.316. The number of aliphatic hydroxyl groups is 1. The molecular formula is C19H16F6N2O4S. The number of aliphatic hydroxyl groups excluding tert-OH is 1. The van der Waals surface area contributed by atoms with Gasteiger partial charge in [0.2, 0.25) is 10.0 Å². The molecule has 6 nitrogen and oxygen atoms in total. The number of carbonyl (C=O) groups excluding carboxylic acids is 1. The maximum absolute atomic E-state index is 14.3. The molecule has 1 unspecified atom stereocenters. The Hall–Kier alpha value is -2.64. The average molecular weight is 482 g/mol. The smallest absolute Gasteiger partial charge is 0.274 e. The van der Waals surface area contributed by atoms with Gasteiger partial charge in [0.05, 0.1) is 0 Å². The number of alkyl halides is 2. The Morgan fingerprint density at radius 3 is 2.28 bits per heavy atom. The number of halogens is 6. The zero-order chi connectivity index (χ0) is 23.8. The zero-order valence-electron chi connectivity index (χ0n) is 16.1. The molecule has 1 aliphatic rings. The molecule has 13 heteroatoms. The van der Waals surface area contributed by atoms with Crippen LogP contribution in [0.2, 0.25) is 0 Å². The Labute approximate surface area is 178 Å². The van der Waals surface area contributed by atoms with Gasteiger partial charge in [0.15, 0.2) is 17.5 Å². The molecule has 32 heavy (non-hydrogen) atoms. The van der Waals surface area contributed by atoms with Crippen LogP contribution >= 0.6 is 0 Å². The topological polar surface area (TPSA) is 86.7 Å². The van der Waals surface area contributed by atoms with Crippen molar-refractivity contribution in [2.45, 2.75) is 29.8 Å². The summed E-state index contributed by atoms with van der Waals surface area (Å²) >= 11 is 0. The normalized spacial score (nSPS) is 19.4. The molecule has 174 valence electrons. The molecule has 1 amide bonds. The minimum absolute atomic E-state index is 0.435. The SMILES string of the molecule is O=C(Nc1cc(F)c(F)c(F)c1)c1ccc(F)c(S(=O)(=O)N2CCC(O)C(F)(F)CC2)c1. The molecule has 0 aliphatic carbocycles. The molecule has 2 aromatic rings. The van der Waals surface area contributed by atoms with Gasteiger partial charge in [-0.25, -0.2) is 34.8 Å². The molecule has 0 spiro atoms. The molecule has 0 saturated carbocycles. The van der Waals surface area contributed by atoms with E-state index in [-0.39, 0.29) is 0 Å². The summed E-state index contributed by atoms with van der Waals surface area (Å²) in [5.74, 6) is -10.8. The summed E-state index contributed by atoms with van der Waals surface area (Å²) in [5, 5.41) is 11.5. The highest BCUT2D eigenvalue weighted by atomic mass is 32.2. The highest BCUT2D eigenvalue weighted by molar-refractivity contribution is 7.89. The number of sulfonamides is 1. The number of nitrogens with one attached hydrogen (secondary N) is 1. The molecule has 1 saturated heterocycles. The van der Waals surface area contributed by atoms with Crippen molar-refractivity contribution in [1.29, 1.82) is 0 Å². The van der Waals surface area contributed by atoms with Crippen LogP contribution in [-0.4, -0.2) is 48.9 Å². The van der Waals surface area contributed by atoms with Gasteiger partial charge in [0.25, 0.3) is 11.8 Å². The number of hydrogen-bond donors (Lipinski definition) is 2. The first-order valence-corrected chi connectivity index (χ1v) is 10.6. The second kappa shape index (κ2) is 8.71. The van der Waals surface area contributed by atoms with E-state index in [9.17, 15) is 44.7 Å².